The molecule has 3 heteroatoms. The van der Waals surface area contributed by atoms with Crippen molar-refractivity contribution >= 4 is 22.3 Å². The molecule has 0 bridgehead atoms. The van der Waals surface area contributed by atoms with Gasteiger partial charge in [-0.3, -0.25) is 0 Å². The molecule has 3 rings (SSSR count). The zero-order valence-corrected chi connectivity index (χ0v) is 10.2. The fourth-order valence-electron chi connectivity index (χ4n) is 1.92. The predicted molar refractivity (Wildman–Crippen MR) is 71.2 cm³/mol. The van der Waals surface area contributed by atoms with E-state index in [0.29, 0.717) is 6.54 Å². The summed E-state index contributed by atoms with van der Waals surface area (Å²) in [6.45, 7) is 0.616. The van der Waals surface area contributed by atoms with Gasteiger partial charge >= 0.3 is 0 Å². The van der Waals surface area contributed by atoms with Crippen LogP contribution >= 0.6 is 11.3 Å². The van der Waals surface area contributed by atoms with Crippen LogP contribution in [0.15, 0.2) is 46.9 Å². The van der Waals surface area contributed by atoms with Crippen molar-refractivity contribution in [3.05, 3.63) is 58.0 Å². The van der Waals surface area contributed by atoms with Crippen LogP contribution in [-0.4, -0.2) is 0 Å². The third-order valence-corrected chi connectivity index (χ3v) is 3.85. The molecular formula is C14H13NOS. The smallest absolute Gasteiger partial charge is 0.134 e. The van der Waals surface area contributed by atoms with Crippen molar-refractivity contribution in [2.75, 3.05) is 0 Å². The summed E-state index contributed by atoms with van der Waals surface area (Å²) in [6, 6.07) is 14.4. The van der Waals surface area contributed by atoms with Crippen LogP contribution in [0.3, 0.4) is 0 Å². The third kappa shape index (κ3) is 2.12. The Hall–Kier alpha value is -1.58. The zero-order chi connectivity index (χ0) is 11.7. The molecule has 1 aromatic carbocycles. The highest BCUT2D eigenvalue weighted by Gasteiger charge is 2.06. The average molecular weight is 243 g/mol. The number of thiophene rings is 1. The maximum atomic E-state index is 5.79. The van der Waals surface area contributed by atoms with Gasteiger partial charge in [-0.15, -0.1) is 11.3 Å². The quantitative estimate of drug-likeness (QED) is 0.764. The van der Waals surface area contributed by atoms with Crippen molar-refractivity contribution in [3.63, 3.8) is 0 Å². The largest absolute Gasteiger partial charge is 0.461 e. The van der Waals surface area contributed by atoms with Gasteiger partial charge in [-0.2, -0.15) is 0 Å². The lowest BCUT2D eigenvalue weighted by atomic mass is 10.2. The first-order valence-electron chi connectivity index (χ1n) is 5.60. The van der Waals surface area contributed by atoms with E-state index in [0.717, 1.165) is 23.2 Å². The molecule has 0 unspecified atom stereocenters. The molecule has 2 N–H and O–H groups in total. The number of benzene rings is 1. The van der Waals surface area contributed by atoms with Crippen LogP contribution < -0.4 is 5.73 Å². The molecule has 0 radical (unpaired) electrons. The highest BCUT2D eigenvalue weighted by Crippen LogP contribution is 2.24. The molecule has 2 nitrogen and oxygen atoms in total. The van der Waals surface area contributed by atoms with Crippen molar-refractivity contribution in [3.8, 4) is 0 Å². The Morgan fingerprint density at radius 1 is 1.06 bits per heavy atom. The normalized spacial score (nSPS) is 11.1. The monoisotopic (exact) mass is 243 g/mol. The number of para-hydroxylation sites is 1. The van der Waals surface area contributed by atoms with Crippen LogP contribution in [0.1, 0.15) is 15.5 Å². The molecule has 0 amide bonds. The fraction of sp³-hybridized carbons (Fsp3) is 0.143. The van der Waals surface area contributed by atoms with E-state index in [1.54, 1.807) is 11.3 Å². The molecule has 0 spiro atoms. The zero-order valence-electron chi connectivity index (χ0n) is 9.35. The lowest BCUT2D eigenvalue weighted by molar-refractivity contribution is 0.564. The fourth-order valence-corrected chi connectivity index (χ4v) is 2.83. The Morgan fingerprint density at radius 2 is 1.88 bits per heavy atom. The number of fused-ring (bicyclic) bond motifs is 1. The molecule has 17 heavy (non-hydrogen) atoms. The van der Waals surface area contributed by atoms with E-state index in [2.05, 4.69) is 24.3 Å². The minimum atomic E-state index is 0.616. The van der Waals surface area contributed by atoms with Gasteiger partial charge in [0.1, 0.15) is 11.3 Å². The van der Waals surface area contributed by atoms with Crippen molar-refractivity contribution in [1.29, 1.82) is 0 Å². The van der Waals surface area contributed by atoms with Crippen LogP contribution in [-0.2, 0) is 13.0 Å². The van der Waals surface area contributed by atoms with E-state index in [-0.39, 0.29) is 0 Å². The molecule has 0 atom stereocenters. The number of rotatable bonds is 3. The lowest BCUT2D eigenvalue weighted by Crippen LogP contribution is -1.91. The van der Waals surface area contributed by atoms with E-state index < -0.39 is 0 Å². The van der Waals surface area contributed by atoms with Crippen LogP contribution in [0.4, 0.5) is 0 Å². The summed E-state index contributed by atoms with van der Waals surface area (Å²) in [4.78, 5) is 2.51. The van der Waals surface area contributed by atoms with Gasteiger partial charge in [-0.05, 0) is 24.3 Å². The maximum Gasteiger partial charge on any atom is 0.134 e. The number of hydrogen-bond acceptors (Lipinski definition) is 3. The summed E-state index contributed by atoms with van der Waals surface area (Å²) < 4.78 is 5.79. The van der Waals surface area contributed by atoms with Crippen LogP contribution in [0, 0.1) is 0 Å². The second-order valence-corrected chi connectivity index (χ2v) is 5.25. The summed E-state index contributed by atoms with van der Waals surface area (Å²) in [7, 11) is 0. The van der Waals surface area contributed by atoms with Crippen molar-refractivity contribution in [2.24, 2.45) is 5.73 Å². The minimum Gasteiger partial charge on any atom is -0.461 e. The Balaban J connectivity index is 1.89. The summed E-state index contributed by atoms with van der Waals surface area (Å²) in [5, 5.41) is 1.16. The van der Waals surface area contributed by atoms with Gasteiger partial charge in [-0.1, -0.05) is 18.2 Å². The summed E-state index contributed by atoms with van der Waals surface area (Å²) in [5.41, 5.74) is 6.56. The second kappa shape index (κ2) is 4.35. The Labute approximate surface area is 104 Å². The summed E-state index contributed by atoms with van der Waals surface area (Å²) in [5.74, 6) is 1.01. The van der Waals surface area contributed by atoms with E-state index in [1.165, 1.54) is 9.75 Å². The maximum absolute atomic E-state index is 5.79. The highest BCUT2D eigenvalue weighted by molar-refractivity contribution is 7.12. The molecule has 0 aliphatic carbocycles. The molecule has 0 fully saturated rings. The van der Waals surface area contributed by atoms with Crippen LogP contribution in [0.25, 0.3) is 11.0 Å². The Morgan fingerprint density at radius 3 is 2.65 bits per heavy atom. The molecule has 0 aliphatic heterocycles. The van der Waals surface area contributed by atoms with Crippen molar-refractivity contribution < 1.29 is 4.42 Å². The minimum absolute atomic E-state index is 0.616. The molecule has 86 valence electrons. The average Bonchev–Trinajstić information content (AvgIpc) is 2.94. The highest BCUT2D eigenvalue weighted by atomic mass is 32.1. The topological polar surface area (TPSA) is 39.2 Å². The van der Waals surface area contributed by atoms with Crippen LogP contribution in [0.2, 0.25) is 0 Å². The first-order valence-corrected chi connectivity index (χ1v) is 6.42. The van der Waals surface area contributed by atoms with Crippen molar-refractivity contribution in [1.82, 2.24) is 0 Å². The van der Waals surface area contributed by atoms with E-state index in [4.69, 9.17) is 10.2 Å². The first-order chi connectivity index (χ1) is 8.35. The number of furan rings is 1. The van der Waals surface area contributed by atoms with Gasteiger partial charge in [0.25, 0.3) is 0 Å². The molecule has 3 aromatic rings. The van der Waals surface area contributed by atoms with Crippen LogP contribution in [0.5, 0.6) is 0 Å². The predicted octanol–water partition coefficient (Wildman–Crippen LogP) is 3.54. The first kappa shape index (κ1) is 10.6. The molecule has 0 saturated carbocycles. The molecule has 2 heterocycles. The van der Waals surface area contributed by atoms with Crippen molar-refractivity contribution in [2.45, 2.75) is 13.0 Å². The standard InChI is InChI=1S/C14H13NOS/c15-9-13-6-5-12(17-13)8-11-7-10-3-1-2-4-14(10)16-11/h1-7H,8-9,15H2. The van der Waals surface area contributed by atoms with Gasteiger partial charge in [0, 0.05) is 28.1 Å². The molecule has 2 aromatic heterocycles. The van der Waals surface area contributed by atoms with Gasteiger partial charge in [0.15, 0.2) is 0 Å². The van der Waals surface area contributed by atoms with Gasteiger partial charge < -0.3 is 10.2 Å². The Kier molecular flexibility index (Phi) is 2.71. The number of nitrogens with two attached hydrogens (primary N) is 1. The van der Waals surface area contributed by atoms with Gasteiger partial charge in [0.2, 0.25) is 0 Å². The summed E-state index contributed by atoms with van der Waals surface area (Å²) >= 11 is 1.75. The van der Waals surface area contributed by atoms with E-state index in [9.17, 15) is 0 Å². The van der Waals surface area contributed by atoms with Gasteiger partial charge in [0.05, 0.1) is 0 Å². The van der Waals surface area contributed by atoms with Gasteiger partial charge in [-0.25, -0.2) is 0 Å². The molecular weight excluding hydrogens is 230 g/mol. The second-order valence-electron chi connectivity index (χ2n) is 4.00. The van der Waals surface area contributed by atoms with E-state index >= 15 is 0 Å². The SMILES string of the molecule is NCc1ccc(Cc2cc3ccccc3o2)s1. The van der Waals surface area contributed by atoms with E-state index in [1.807, 2.05) is 18.2 Å². The summed E-state index contributed by atoms with van der Waals surface area (Å²) in [6.07, 6.45) is 0.847. The third-order valence-electron chi connectivity index (χ3n) is 2.74. The molecule has 0 saturated heterocycles. The number of hydrogen-bond donors (Lipinski definition) is 1. The Bertz CT molecular complexity index is 605. The molecule has 0 aliphatic rings. The lowest BCUT2D eigenvalue weighted by Gasteiger charge is -1.91.